The first-order chi connectivity index (χ1) is 9.67. The number of benzene rings is 1. The molecule has 2 atom stereocenters. The van der Waals surface area contributed by atoms with Gasteiger partial charge in [0, 0.05) is 13.1 Å². The average Bonchev–Trinajstić information content (AvgIpc) is 2.45. The Bertz CT molecular complexity index is 442. The van der Waals surface area contributed by atoms with Gasteiger partial charge in [-0.2, -0.15) is 0 Å². The summed E-state index contributed by atoms with van der Waals surface area (Å²) in [5.41, 5.74) is 0.924. The van der Waals surface area contributed by atoms with Crippen LogP contribution in [0.25, 0.3) is 0 Å². The molecular formula is C15H23FN2O2. The predicted molar refractivity (Wildman–Crippen MR) is 76.6 cm³/mol. The Morgan fingerprint density at radius 3 is 2.95 bits per heavy atom. The third kappa shape index (κ3) is 3.29. The number of likely N-dealkylation sites (N-methyl/N-ethyl adjacent to an activating group) is 2. The van der Waals surface area contributed by atoms with Crippen LogP contribution in [0.3, 0.4) is 0 Å². The molecule has 1 saturated heterocycles. The fourth-order valence-corrected chi connectivity index (χ4v) is 2.66. The molecule has 1 heterocycles. The summed E-state index contributed by atoms with van der Waals surface area (Å²) in [5, 5.41) is 3.31. The highest BCUT2D eigenvalue weighted by molar-refractivity contribution is 5.31. The van der Waals surface area contributed by atoms with Gasteiger partial charge in [0.05, 0.1) is 25.9 Å². The highest BCUT2D eigenvalue weighted by atomic mass is 19.1. The van der Waals surface area contributed by atoms with Crippen molar-refractivity contribution in [2.45, 2.75) is 19.1 Å². The Hall–Kier alpha value is -1.17. The Labute approximate surface area is 119 Å². The van der Waals surface area contributed by atoms with Gasteiger partial charge in [-0.15, -0.1) is 0 Å². The van der Waals surface area contributed by atoms with Crippen LogP contribution in [0.2, 0.25) is 0 Å². The van der Waals surface area contributed by atoms with Crippen molar-refractivity contribution in [3.8, 4) is 5.75 Å². The van der Waals surface area contributed by atoms with Gasteiger partial charge in [-0.25, -0.2) is 4.39 Å². The van der Waals surface area contributed by atoms with E-state index in [2.05, 4.69) is 17.1 Å². The second-order valence-electron chi connectivity index (χ2n) is 5.04. The van der Waals surface area contributed by atoms with Gasteiger partial charge in [0.15, 0.2) is 11.6 Å². The minimum absolute atomic E-state index is 0.0292. The zero-order valence-corrected chi connectivity index (χ0v) is 12.4. The van der Waals surface area contributed by atoms with Crippen molar-refractivity contribution >= 4 is 0 Å². The maximum absolute atomic E-state index is 13.9. The van der Waals surface area contributed by atoms with Crippen LogP contribution in [-0.2, 0) is 4.74 Å². The lowest BCUT2D eigenvalue weighted by atomic mass is 9.98. The summed E-state index contributed by atoms with van der Waals surface area (Å²) in [6.07, 6.45) is 0.0292. The number of hydrogen-bond acceptors (Lipinski definition) is 4. The molecule has 1 aliphatic heterocycles. The molecule has 1 aromatic rings. The maximum Gasteiger partial charge on any atom is 0.165 e. The fraction of sp³-hybridized carbons (Fsp3) is 0.600. The SMILES string of the molecule is CCNCC1OCCN(C)C1c1ccc(OC)c(F)c1. The lowest BCUT2D eigenvalue weighted by Gasteiger charge is -2.39. The normalized spacial score (nSPS) is 23.8. The number of hydrogen-bond donors (Lipinski definition) is 1. The van der Waals surface area contributed by atoms with Crippen LogP contribution in [0.15, 0.2) is 18.2 Å². The molecule has 2 rings (SSSR count). The Balaban J connectivity index is 2.22. The summed E-state index contributed by atoms with van der Waals surface area (Å²) in [4.78, 5) is 2.22. The summed E-state index contributed by atoms with van der Waals surface area (Å²) in [6.45, 7) is 5.28. The lowest BCUT2D eigenvalue weighted by molar-refractivity contribution is -0.0612. The van der Waals surface area contributed by atoms with E-state index >= 15 is 0 Å². The van der Waals surface area contributed by atoms with Crippen molar-refractivity contribution in [1.82, 2.24) is 10.2 Å². The molecule has 2 unspecified atom stereocenters. The number of morpholine rings is 1. The van der Waals surface area contributed by atoms with Gasteiger partial charge in [-0.1, -0.05) is 13.0 Å². The van der Waals surface area contributed by atoms with Crippen LogP contribution < -0.4 is 10.1 Å². The first-order valence-electron chi connectivity index (χ1n) is 7.03. The number of nitrogens with zero attached hydrogens (tertiary/aromatic N) is 1. The van der Waals surface area contributed by atoms with Crippen LogP contribution in [0.1, 0.15) is 18.5 Å². The van der Waals surface area contributed by atoms with Crippen LogP contribution in [-0.4, -0.2) is 51.4 Å². The van der Waals surface area contributed by atoms with Gasteiger partial charge in [-0.05, 0) is 31.3 Å². The van der Waals surface area contributed by atoms with E-state index in [0.29, 0.717) is 6.61 Å². The van der Waals surface area contributed by atoms with Crippen molar-refractivity contribution in [2.75, 3.05) is 40.4 Å². The highest BCUT2D eigenvalue weighted by Crippen LogP contribution is 2.30. The van der Waals surface area contributed by atoms with E-state index in [-0.39, 0.29) is 23.7 Å². The molecule has 1 aliphatic rings. The molecule has 0 saturated carbocycles. The highest BCUT2D eigenvalue weighted by Gasteiger charge is 2.31. The number of nitrogens with one attached hydrogen (secondary N) is 1. The molecule has 1 fully saturated rings. The largest absolute Gasteiger partial charge is 0.494 e. The quantitative estimate of drug-likeness (QED) is 0.893. The molecule has 0 amide bonds. The summed E-state index contributed by atoms with van der Waals surface area (Å²) >= 11 is 0. The Kier molecular flexibility index (Phi) is 5.34. The van der Waals surface area contributed by atoms with Crippen molar-refractivity contribution in [3.63, 3.8) is 0 Å². The average molecular weight is 282 g/mol. The van der Waals surface area contributed by atoms with Gasteiger partial charge in [-0.3, -0.25) is 4.90 Å². The zero-order chi connectivity index (χ0) is 14.5. The van der Waals surface area contributed by atoms with E-state index in [0.717, 1.165) is 25.2 Å². The van der Waals surface area contributed by atoms with Gasteiger partial charge in [0.1, 0.15) is 0 Å². The summed E-state index contributed by atoms with van der Waals surface area (Å²) in [6, 6.07) is 5.20. The second kappa shape index (κ2) is 7.02. The molecule has 5 heteroatoms. The Morgan fingerprint density at radius 2 is 2.30 bits per heavy atom. The molecule has 0 spiro atoms. The second-order valence-corrected chi connectivity index (χ2v) is 5.04. The van der Waals surface area contributed by atoms with Gasteiger partial charge >= 0.3 is 0 Å². The topological polar surface area (TPSA) is 33.7 Å². The minimum atomic E-state index is -0.328. The van der Waals surface area contributed by atoms with Crippen molar-refractivity contribution in [3.05, 3.63) is 29.6 Å². The molecule has 0 aliphatic carbocycles. The molecule has 0 bridgehead atoms. The zero-order valence-electron chi connectivity index (χ0n) is 12.4. The van der Waals surface area contributed by atoms with Crippen molar-refractivity contribution in [1.29, 1.82) is 0 Å². The lowest BCUT2D eigenvalue weighted by Crippen LogP contribution is -2.47. The van der Waals surface area contributed by atoms with E-state index in [1.807, 2.05) is 13.1 Å². The monoisotopic (exact) mass is 282 g/mol. The maximum atomic E-state index is 13.9. The third-order valence-electron chi connectivity index (χ3n) is 3.72. The van der Waals surface area contributed by atoms with Crippen LogP contribution >= 0.6 is 0 Å². The number of rotatable bonds is 5. The standard InChI is InChI=1S/C15H23FN2O2/c1-4-17-10-14-15(18(2)7-8-20-14)11-5-6-13(19-3)12(16)9-11/h5-6,9,14-15,17H,4,7-8,10H2,1-3H3. The molecule has 1 aromatic carbocycles. The molecule has 1 N–H and O–H groups in total. The predicted octanol–water partition coefficient (Wildman–Crippen LogP) is 1.82. The Morgan fingerprint density at radius 1 is 1.50 bits per heavy atom. The summed E-state index contributed by atoms with van der Waals surface area (Å²) in [5.74, 6) is -0.0532. The van der Waals surface area contributed by atoms with Crippen molar-refractivity contribution in [2.24, 2.45) is 0 Å². The van der Waals surface area contributed by atoms with E-state index in [1.54, 1.807) is 12.1 Å². The van der Waals surface area contributed by atoms with Crippen LogP contribution in [0.5, 0.6) is 5.75 Å². The first-order valence-corrected chi connectivity index (χ1v) is 7.03. The first kappa shape index (κ1) is 15.2. The van der Waals surface area contributed by atoms with E-state index in [9.17, 15) is 4.39 Å². The molecule has 112 valence electrons. The third-order valence-corrected chi connectivity index (χ3v) is 3.72. The molecule has 0 radical (unpaired) electrons. The number of halogens is 1. The molecule has 0 aromatic heterocycles. The molecular weight excluding hydrogens is 259 g/mol. The number of methoxy groups -OCH3 is 1. The van der Waals surface area contributed by atoms with Crippen LogP contribution in [0.4, 0.5) is 4.39 Å². The molecule has 4 nitrogen and oxygen atoms in total. The summed E-state index contributed by atoms with van der Waals surface area (Å²) in [7, 11) is 3.52. The van der Waals surface area contributed by atoms with Gasteiger partial charge in [0.25, 0.3) is 0 Å². The number of ether oxygens (including phenoxy) is 2. The van der Waals surface area contributed by atoms with E-state index < -0.39 is 0 Å². The van der Waals surface area contributed by atoms with Crippen molar-refractivity contribution < 1.29 is 13.9 Å². The van der Waals surface area contributed by atoms with Gasteiger partial charge < -0.3 is 14.8 Å². The van der Waals surface area contributed by atoms with Crippen LogP contribution in [0, 0.1) is 5.82 Å². The fourth-order valence-electron chi connectivity index (χ4n) is 2.66. The van der Waals surface area contributed by atoms with E-state index in [1.165, 1.54) is 7.11 Å². The van der Waals surface area contributed by atoms with E-state index in [4.69, 9.17) is 9.47 Å². The molecule has 20 heavy (non-hydrogen) atoms. The summed E-state index contributed by atoms with van der Waals surface area (Å²) < 4.78 is 24.7. The van der Waals surface area contributed by atoms with Gasteiger partial charge in [0.2, 0.25) is 0 Å². The minimum Gasteiger partial charge on any atom is -0.494 e. The smallest absolute Gasteiger partial charge is 0.165 e.